The minimum absolute atomic E-state index is 0.269. The van der Waals surface area contributed by atoms with Crippen molar-refractivity contribution < 1.29 is 8.42 Å². The van der Waals surface area contributed by atoms with Crippen LogP contribution in [0.15, 0.2) is 47.6 Å². The van der Waals surface area contributed by atoms with E-state index in [-0.39, 0.29) is 4.90 Å². The summed E-state index contributed by atoms with van der Waals surface area (Å²) in [5, 5.41) is 0.866. The molecule has 3 aromatic rings. The Balaban J connectivity index is 2.25. The van der Waals surface area contributed by atoms with E-state index in [1.807, 2.05) is 20.8 Å². The number of nitrogens with zero attached hydrogens (tertiary/aromatic N) is 2. The van der Waals surface area contributed by atoms with Gasteiger partial charge in [-0.1, -0.05) is 17.7 Å². The average Bonchev–Trinajstić information content (AvgIpc) is 2.89. The molecular formula is C16H16N2O2S. The standard InChI is InChI=1S/C16H16N2O2S/c1-11-4-6-14(7-5-11)21(19,20)18-9-8-15-13(3)12(2)10-17-16(15)18/h4-10H,1-3H3. The number of hydrogen-bond donors (Lipinski definition) is 0. The molecule has 0 saturated carbocycles. The number of fused-ring (bicyclic) bond motifs is 1. The molecule has 2 heterocycles. The molecule has 0 spiro atoms. The molecule has 0 fully saturated rings. The maximum atomic E-state index is 12.7. The molecule has 0 aliphatic carbocycles. The van der Waals surface area contributed by atoms with Gasteiger partial charge in [-0.15, -0.1) is 0 Å². The third-order valence-electron chi connectivity index (χ3n) is 3.78. The monoisotopic (exact) mass is 300 g/mol. The Morgan fingerprint density at radius 2 is 1.67 bits per heavy atom. The third kappa shape index (κ3) is 2.14. The zero-order valence-corrected chi connectivity index (χ0v) is 13.0. The second-order valence-electron chi connectivity index (χ2n) is 5.23. The lowest BCUT2D eigenvalue weighted by Gasteiger charge is -2.08. The molecule has 0 atom stereocenters. The average molecular weight is 300 g/mol. The first-order chi connectivity index (χ1) is 9.91. The summed E-state index contributed by atoms with van der Waals surface area (Å²) in [4.78, 5) is 4.56. The molecule has 5 heteroatoms. The number of hydrogen-bond acceptors (Lipinski definition) is 3. The van der Waals surface area contributed by atoms with Gasteiger partial charge in [-0.05, 0) is 50.1 Å². The number of aryl methyl sites for hydroxylation is 3. The van der Waals surface area contributed by atoms with Crippen LogP contribution >= 0.6 is 0 Å². The number of rotatable bonds is 2. The molecule has 0 amide bonds. The van der Waals surface area contributed by atoms with Gasteiger partial charge in [0.25, 0.3) is 10.0 Å². The fraction of sp³-hybridized carbons (Fsp3) is 0.188. The van der Waals surface area contributed by atoms with Crippen molar-refractivity contribution in [2.45, 2.75) is 25.7 Å². The van der Waals surface area contributed by atoms with Gasteiger partial charge < -0.3 is 0 Å². The van der Waals surface area contributed by atoms with Crippen molar-refractivity contribution in [2.24, 2.45) is 0 Å². The van der Waals surface area contributed by atoms with Gasteiger partial charge in [-0.3, -0.25) is 0 Å². The van der Waals surface area contributed by atoms with Crippen LogP contribution in [-0.2, 0) is 10.0 Å². The minimum atomic E-state index is -3.61. The summed E-state index contributed by atoms with van der Waals surface area (Å²) < 4.78 is 26.7. The van der Waals surface area contributed by atoms with Gasteiger partial charge in [0.05, 0.1) is 4.90 Å². The molecule has 1 aromatic carbocycles. The molecule has 0 N–H and O–H groups in total. The van der Waals surface area contributed by atoms with Crippen LogP contribution in [0.2, 0.25) is 0 Å². The Hall–Kier alpha value is -2.14. The van der Waals surface area contributed by atoms with Crippen molar-refractivity contribution in [3.8, 4) is 0 Å². The van der Waals surface area contributed by atoms with Gasteiger partial charge in [0.1, 0.15) is 0 Å². The van der Waals surface area contributed by atoms with Crippen LogP contribution in [0.4, 0.5) is 0 Å². The molecule has 21 heavy (non-hydrogen) atoms. The van der Waals surface area contributed by atoms with Crippen molar-refractivity contribution in [1.29, 1.82) is 0 Å². The molecule has 0 saturated heterocycles. The van der Waals surface area contributed by atoms with Gasteiger partial charge in [0, 0.05) is 17.8 Å². The van der Waals surface area contributed by atoms with Crippen molar-refractivity contribution in [2.75, 3.05) is 0 Å². The lowest BCUT2D eigenvalue weighted by molar-refractivity contribution is 0.588. The number of benzene rings is 1. The Kier molecular flexibility index (Phi) is 3.10. The lowest BCUT2D eigenvalue weighted by atomic mass is 10.1. The van der Waals surface area contributed by atoms with Crippen LogP contribution in [0, 0.1) is 20.8 Å². The lowest BCUT2D eigenvalue weighted by Crippen LogP contribution is -2.12. The predicted molar refractivity (Wildman–Crippen MR) is 83.0 cm³/mol. The summed E-state index contributed by atoms with van der Waals surface area (Å²) >= 11 is 0. The van der Waals surface area contributed by atoms with E-state index in [2.05, 4.69) is 4.98 Å². The second kappa shape index (κ2) is 4.70. The van der Waals surface area contributed by atoms with Crippen LogP contribution < -0.4 is 0 Å². The maximum absolute atomic E-state index is 12.7. The highest BCUT2D eigenvalue weighted by Gasteiger charge is 2.20. The van der Waals surface area contributed by atoms with E-state index >= 15 is 0 Å². The topological polar surface area (TPSA) is 52.0 Å². The molecule has 0 radical (unpaired) electrons. The first kappa shape index (κ1) is 13.8. The summed E-state index contributed by atoms with van der Waals surface area (Å²) in [5.41, 5.74) is 3.60. The van der Waals surface area contributed by atoms with Gasteiger partial charge in [-0.25, -0.2) is 17.4 Å². The van der Waals surface area contributed by atoms with Crippen LogP contribution in [-0.4, -0.2) is 17.4 Å². The highest BCUT2D eigenvalue weighted by molar-refractivity contribution is 7.90. The van der Waals surface area contributed by atoms with E-state index < -0.39 is 10.0 Å². The first-order valence-electron chi connectivity index (χ1n) is 6.67. The highest BCUT2D eigenvalue weighted by Crippen LogP contribution is 2.24. The molecule has 0 aliphatic heterocycles. The molecule has 108 valence electrons. The van der Waals surface area contributed by atoms with Crippen molar-refractivity contribution in [1.82, 2.24) is 8.96 Å². The van der Waals surface area contributed by atoms with E-state index in [1.54, 1.807) is 42.7 Å². The van der Waals surface area contributed by atoms with E-state index in [0.29, 0.717) is 5.65 Å². The summed E-state index contributed by atoms with van der Waals surface area (Å²) in [6.45, 7) is 5.87. The fourth-order valence-electron chi connectivity index (χ4n) is 2.31. The van der Waals surface area contributed by atoms with Crippen molar-refractivity contribution >= 4 is 21.1 Å². The Bertz CT molecular complexity index is 923. The van der Waals surface area contributed by atoms with Crippen molar-refractivity contribution in [3.63, 3.8) is 0 Å². The molecule has 4 nitrogen and oxygen atoms in total. The normalized spacial score (nSPS) is 12.0. The van der Waals surface area contributed by atoms with E-state index in [4.69, 9.17) is 0 Å². The summed E-state index contributed by atoms with van der Waals surface area (Å²) in [6.07, 6.45) is 3.28. The van der Waals surface area contributed by atoms with Gasteiger partial charge >= 0.3 is 0 Å². The SMILES string of the molecule is Cc1ccc(S(=O)(=O)n2ccc3c(C)c(C)cnc32)cc1. The number of pyridine rings is 1. The predicted octanol–water partition coefficient (Wildman–Crippen LogP) is 3.20. The van der Waals surface area contributed by atoms with Gasteiger partial charge in [0.2, 0.25) is 0 Å². The molecular weight excluding hydrogens is 284 g/mol. The van der Waals surface area contributed by atoms with E-state index in [1.165, 1.54) is 3.97 Å². The van der Waals surface area contributed by atoms with Crippen LogP contribution in [0.25, 0.3) is 11.0 Å². The van der Waals surface area contributed by atoms with Crippen LogP contribution in [0.3, 0.4) is 0 Å². The zero-order chi connectivity index (χ0) is 15.2. The second-order valence-corrected chi connectivity index (χ2v) is 7.05. The molecule has 0 aliphatic rings. The smallest absolute Gasteiger partial charge is 0.237 e. The quantitative estimate of drug-likeness (QED) is 0.730. The Morgan fingerprint density at radius 1 is 1.00 bits per heavy atom. The first-order valence-corrected chi connectivity index (χ1v) is 8.11. The fourth-order valence-corrected chi connectivity index (χ4v) is 3.61. The Morgan fingerprint density at radius 3 is 2.33 bits per heavy atom. The number of aromatic nitrogens is 2. The molecule has 2 aromatic heterocycles. The summed E-state index contributed by atoms with van der Waals surface area (Å²) in [7, 11) is -3.61. The highest BCUT2D eigenvalue weighted by atomic mass is 32.2. The summed E-state index contributed by atoms with van der Waals surface area (Å²) in [5.74, 6) is 0. The van der Waals surface area contributed by atoms with E-state index in [9.17, 15) is 8.42 Å². The summed E-state index contributed by atoms with van der Waals surface area (Å²) in [6, 6.07) is 8.63. The molecule has 0 unspecified atom stereocenters. The largest absolute Gasteiger partial charge is 0.269 e. The maximum Gasteiger partial charge on any atom is 0.269 e. The van der Waals surface area contributed by atoms with E-state index in [0.717, 1.165) is 22.1 Å². The third-order valence-corrected chi connectivity index (χ3v) is 5.46. The van der Waals surface area contributed by atoms with Gasteiger partial charge in [0.15, 0.2) is 5.65 Å². The van der Waals surface area contributed by atoms with Crippen LogP contribution in [0.1, 0.15) is 16.7 Å². The van der Waals surface area contributed by atoms with Gasteiger partial charge in [-0.2, -0.15) is 0 Å². The molecule has 3 rings (SSSR count). The zero-order valence-electron chi connectivity index (χ0n) is 12.2. The van der Waals surface area contributed by atoms with Crippen molar-refractivity contribution in [3.05, 3.63) is 59.4 Å². The minimum Gasteiger partial charge on any atom is -0.237 e. The molecule has 0 bridgehead atoms. The Labute approximate surface area is 124 Å². The van der Waals surface area contributed by atoms with Crippen LogP contribution in [0.5, 0.6) is 0 Å².